The number of nitrogens with one attached hydrogen (secondary N) is 2. The molecule has 35 heavy (non-hydrogen) atoms. The van der Waals surface area contributed by atoms with Gasteiger partial charge in [0.25, 0.3) is 5.91 Å². The molecular formula is C25H27F2N5O3. The van der Waals surface area contributed by atoms with Crippen LogP contribution in [0.5, 0.6) is 5.75 Å². The summed E-state index contributed by atoms with van der Waals surface area (Å²) in [5.41, 5.74) is 2.45. The Hall–Kier alpha value is -3.56. The largest absolute Gasteiger partial charge is 0.493 e. The number of benzene rings is 1. The number of carbonyl (C=O) groups excluding carboxylic acids is 2. The lowest BCUT2D eigenvalue weighted by molar-refractivity contribution is -0.130. The lowest BCUT2D eigenvalue weighted by atomic mass is 10.1. The summed E-state index contributed by atoms with van der Waals surface area (Å²) in [7, 11) is 0. The maximum Gasteiger partial charge on any atom is 0.255 e. The summed E-state index contributed by atoms with van der Waals surface area (Å²) in [5.74, 6) is -0.0717. The molecule has 2 aliphatic rings. The van der Waals surface area contributed by atoms with Gasteiger partial charge in [-0.05, 0) is 43.9 Å². The van der Waals surface area contributed by atoms with E-state index in [1.165, 1.54) is 23.4 Å². The molecule has 2 atom stereocenters. The summed E-state index contributed by atoms with van der Waals surface area (Å²) in [6.45, 7) is 4.06. The minimum atomic E-state index is -1.36. The van der Waals surface area contributed by atoms with Crippen molar-refractivity contribution in [3.8, 4) is 17.0 Å². The van der Waals surface area contributed by atoms with Gasteiger partial charge in [-0.15, -0.1) is 0 Å². The first-order chi connectivity index (χ1) is 16.9. The van der Waals surface area contributed by atoms with Crippen molar-refractivity contribution in [1.29, 1.82) is 0 Å². The molecule has 3 heterocycles. The van der Waals surface area contributed by atoms with E-state index in [4.69, 9.17) is 4.74 Å². The molecule has 2 N–H and O–H groups in total. The summed E-state index contributed by atoms with van der Waals surface area (Å²) in [6, 6.07) is 3.46. The Morgan fingerprint density at radius 2 is 2.06 bits per heavy atom. The number of nitrogens with zero attached hydrogens (tertiary/aromatic N) is 3. The number of hydrogen-bond donors (Lipinski definition) is 2. The molecular weight excluding hydrogens is 456 g/mol. The molecule has 2 amide bonds. The van der Waals surface area contributed by atoms with Crippen LogP contribution in [0.4, 0.5) is 8.78 Å². The molecule has 0 spiro atoms. The number of rotatable bonds is 7. The van der Waals surface area contributed by atoms with E-state index in [1.54, 1.807) is 19.9 Å². The van der Waals surface area contributed by atoms with Gasteiger partial charge in [0.1, 0.15) is 35.3 Å². The van der Waals surface area contributed by atoms with Crippen LogP contribution in [-0.2, 0) is 4.79 Å². The van der Waals surface area contributed by atoms with Crippen molar-refractivity contribution in [3.05, 3.63) is 41.6 Å². The van der Waals surface area contributed by atoms with Crippen molar-refractivity contribution in [1.82, 2.24) is 25.2 Å². The summed E-state index contributed by atoms with van der Waals surface area (Å²) in [4.78, 5) is 38.4. The third-order valence-corrected chi connectivity index (χ3v) is 6.59. The van der Waals surface area contributed by atoms with Crippen LogP contribution in [0.15, 0.2) is 24.5 Å². The van der Waals surface area contributed by atoms with Crippen molar-refractivity contribution in [2.24, 2.45) is 5.92 Å². The Bertz CT molecular complexity index is 1290. The van der Waals surface area contributed by atoms with Gasteiger partial charge in [-0.2, -0.15) is 0 Å². The zero-order chi connectivity index (χ0) is 24.7. The molecule has 1 saturated carbocycles. The first-order valence-electron chi connectivity index (χ1n) is 11.8. The fourth-order valence-corrected chi connectivity index (χ4v) is 4.48. The first kappa shape index (κ1) is 23.2. The molecule has 0 bridgehead atoms. The summed E-state index contributed by atoms with van der Waals surface area (Å²) in [6.07, 6.45) is 2.47. The number of H-pyrrole nitrogens is 1. The average molecular weight is 484 g/mol. The minimum Gasteiger partial charge on any atom is -0.493 e. The van der Waals surface area contributed by atoms with E-state index >= 15 is 0 Å². The topological polar surface area (TPSA) is 100 Å². The third kappa shape index (κ3) is 4.56. The van der Waals surface area contributed by atoms with Crippen LogP contribution in [0.25, 0.3) is 22.3 Å². The van der Waals surface area contributed by atoms with Crippen molar-refractivity contribution in [2.75, 3.05) is 19.7 Å². The van der Waals surface area contributed by atoms with Gasteiger partial charge in [0.15, 0.2) is 0 Å². The monoisotopic (exact) mass is 483 g/mol. The zero-order valence-electron chi connectivity index (χ0n) is 19.6. The standard InChI is InChI=1S/C25H27F2N5O3/c1-3-20(33)32-9-17(27)18(10-32)31-25(34)21-13(2)30-24-22(28-12-29-23(21)24)16-8-15(26)6-7-19(16)35-11-14-4-5-14/h6-8,12,14,17-18,30H,3-5,9-11H2,1-2H3,(H,31,34)/t17-,18+/m1/s1. The number of amides is 2. The van der Waals surface area contributed by atoms with Crippen LogP contribution in [0.3, 0.4) is 0 Å². The highest BCUT2D eigenvalue weighted by atomic mass is 19.1. The number of carbonyl (C=O) groups is 2. The zero-order valence-corrected chi connectivity index (χ0v) is 19.6. The molecule has 1 aromatic carbocycles. The van der Waals surface area contributed by atoms with Crippen LogP contribution < -0.4 is 10.1 Å². The number of fused-ring (bicyclic) bond motifs is 1. The van der Waals surface area contributed by atoms with Crippen LogP contribution in [0, 0.1) is 18.7 Å². The molecule has 2 fully saturated rings. The van der Waals surface area contributed by atoms with Crippen LogP contribution >= 0.6 is 0 Å². The second-order valence-electron chi connectivity index (χ2n) is 9.21. The number of likely N-dealkylation sites (tertiary alicyclic amines) is 1. The highest BCUT2D eigenvalue weighted by molar-refractivity contribution is 6.09. The van der Waals surface area contributed by atoms with Crippen LogP contribution in [0.1, 0.15) is 42.2 Å². The van der Waals surface area contributed by atoms with Crippen molar-refractivity contribution in [2.45, 2.75) is 45.3 Å². The Kier molecular flexibility index (Phi) is 6.12. The number of alkyl halides is 1. The molecule has 1 aliphatic carbocycles. The molecule has 1 aliphatic heterocycles. The molecule has 3 aromatic rings. The molecule has 8 nitrogen and oxygen atoms in total. The number of aromatic nitrogens is 3. The number of halogens is 2. The summed E-state index contributed by atoms with van der Waals surface area (Å²) >= 11 is 0. The molecule has 5 rings (SSSR count). The van der Waals surface area contributed by atoms with Crippen LogP contribution in [0.2, 0.25) is 0 Å². The highest BCUT2D eigenvalue weighted by Crippen LogP contribution is 2.36. The maximum atomic E-state index is 14.6. The van der Waals surface area contributed by atoms with E-state index < -0.39 is 23.9 Å². The second kappa shape index (κ2) is 9.24. The second-order valence-corrected chi connectivity index (χ2v) is 9.21. The first-order valence-corrected chi connectivity index (χ1v) is 11.8. The van der Waals surface area contributed by atoms with E-state index in [0.717, 1.165) is 12.8 Å². The van der Waals surface area contributed by atoms with Gasteiger partial charge >= 0.3 is 0 Å². The van der Waals surface area contributed by atoms with E-state index in [0.29, 0.717) is 46.3 Å². The van der Waals surface area contributed by atoms with Gasteiger partial charge in [-0.25, -0.2) is 18.7 Å². The smallest absolute Gasteiger partial charge is 0.255 e. The fourth-order valence-electron chi connectivity index (χ4n) is 4.48. The predicted molar refractivity (Wildman–Crippen MR) is 125 cm³/mol. The number of aryl methyl sites for hydroxylation is 1. The fraction of sp³-hybridized carbons (Fsp3) is 0.440. The average Bonchev–Trinajstić information content (AvgIpc) is 3.51. The van der Waals surface area contributed by atoms with Crippen molar-refractivity contribution < 1.29 is 23.1 Å². The van der Waals surface area contributed by atoms with Gasteiger partial charge in [0, 0.05) is 24.2 Å². The van der Waals surface area contributed by atoms with Crippen LogP contribution in [-0.4, -0.2) is 63.6 Å². The summed E-state index contributed by atoms with van der Waals surface area (Å²) in [5, 5.41) is 2.72. The molecule has 0 radical (unpaired) electrons. The van der Waals surface area contributed by atoms with Gasteiger partial charge in [0.05, 0.1) is 30.3 Å². The highest BCUT2D eigenvalue weighted by Gasteiger charge is 2.36. The Morgan fingerprint density at radius 1 is 1.26 bits per heavy atom. The van der Waals surface area contributed by atoms with E-state index in [-0.39, 0.29) is 31.0 Å². The lowest BCUT2D eigenvalue weighted by Gasteiger charge is -2.16. The van der Waals surface area contributed by atoms with E-state index in [2.05, 4.69) is 20.3 Å². The number of aromatic amines is 1. The summed E-state index contributed by atoms with van der Waals surface area (Å²) < 4.78 is 34.7. The Labute approximate surface area is 201 Å². The number of hydrogen-bond acceptors (Lipinski definition) is 5. The van der Waals surface area contributed by atoms with E-state index in [1.807, 2.05) is 0 Å². The SMILES string of the molecule is CCC(=O)N1C[C@@H](F)[C@@H](NC(=O)c2c(C)[nH]c3c(-c4cc(F)ccc4OCC4CC4)ncnc23)C1. The molecule has 1 saturated heterocycles. The third-order valence-electron chi connectivity index (χ3n) is 6.59. The quantitative estimate of drug-likeness (QED) is 0.535. The normalized spacial score (nSPS) is 19.8. The van der Waals surface area contributed by atoms with Gasteiger partial charge in [-0.3, -0.25) is 9.59 Å². The molecule has 10 heteroatoms. The number of ether oxygens (including phenoxy) is 1. The van der Waals surface area contributed by atoms with Gasteiger partial charge in [0.2, 0.25) is 5.91 Å². The molecule has 184 valence electrons. The molecule has 2 aromatic heterocycles. The van der Waals surface area contributed by atoms with E-state index in [9.17, 15) is 18.4 Å². The lowest BCUT2D eigenvalue weighted by Crippen LogP contribution is -2.42. The predicted octanol–water partition coefficient (Wildman–Crippen LogP) is 3.55. The van der Waals surface area contributed by atoms with Gasteiger partial charge in [-0.1, -0.05) is 6.92 Å². The Balaban J connectivity index is 1.46. The van der Waals surface area contributed by atoms with Crippen molar-refractivity contribution in [3.63, 3.8) is 0 Å². The maximum absolute atomic E-state index is 14.6. The molecule has 0 unspecified atom stereocenters. The van der Waals surface area contributed by atoms with Crippen molar-refractivity contribution >= 4 is 22.8 Å². The van der Waals surface area contributed by atoms with Gasteiger partial charge < -0.3 is 19.9 Å². The Morgan fingerprint density at radius 3 is 2.80 bits per heavy atom. The minimum absolute atomic E-state index is 0.0417.